The minimum atomic E-state index is -0.436. The maximum Gasteiger partial charge on any atom is 0.339 e. The fourth-order valence-corrected chi connectivity index (χ4v) is 1.75. The Kier molecular flexibility index (Phi) is 4.33. The van der Waals surface area contributed by atoms with Crippen molar-refractivity contribution in [2.75, 3.05) is 6.61 Å². The third kappa shape index (κ3) is 2.53. The first-order chi connectivity index (χ1) is 7.63. The van der Waals surface area contributed by atoms with Crippen molar-refractivity contribution in [1.82, 2.24) is 0 Å². The van der Waals surface area contributed by atoms with E-state index in [0.29, 0.717) is 24.2 Å². The van der Waals surface area contributed by atoms with Gasteiger partial charge in [-0.1, -0.05) is 18.5 Å². The molecule has 16 heavy (non-hydrogen) atoms. The van der Waals surface area contributed by atoms with Crippen molar-refractivity contribution in [3.05, 3.63) is 33.8 Å². The number of esters is 1. The van der Waals surface area contributed by atoms with Gasteiger partial charge in [-0.05, 0) is 31.0 Å². The summed E-state index contributed by atoms with van der Waals surface area (Å²) in [6.07, 6.45) is 0.628. The fourth-order valence-electron chi connectivity index (χ4n) is 1.44. The SMILES string of the molecule is CCOC(=O)c1c(Cl)cc(C#N)cc1CC. The summed E-state index contributed by atoms with van der Waals surface area (Å²) in [5.41, 5.74) is 1.56. The van der Waals surface area contributed by atoms with Crippen LogP contribution in [-0.2, 0) is 11.2 Å². The largest absolute Gasteiger partial charge is 0.462 e. The van der Waals surface area contributed by atoms with Crippen molar-refractivity contribution in [1.29, 1.82) is 5.26 Å². The highest BCUT2D eigenvalue weighted by Crippen LogP contribution is 2.24. The lowest BCUT2D eigenvalue weighted by atomic mass is 10.0. The molecule has 0 bridgehead atoms. The molecule has 0 radical (unpaired) electrons. The van der Waals surface area contributed by atoms with E-state index >= 15 is 0 Å². The van der Waals surface area contributed by atoms with Crippen LogP contribution < -0.4 is 0 Å². The number of benzene rings is 1. The molecule has 1 aromatic rings. The summed E-state index contributed by atoms with van der Waals surface area (Å²) in [5, 5.41) is 9.06. The first kappa shape index (κ1) is 12.5. The van der Waals surface area contributed by atoms with Crippen LogP contribution in [0.1, 0.15) is 35.3 Å². The number of nitriles is 1. The van der Waals surface area contributed by atoms with E-state index in [1.807, 2.05) is 13.0 Å². The van der Waals surface area contributed by atoms with Crippen LogP contribution in [-0.4, -0.2) is 12.6 Å². The molecule has 0 aliphatic rings. The van der Waals surface area contributed by atoms with Gasteiger partial charge < -0.3 is 4.74 Å². The molecule has 0 amide bonds. The number of rotatable bonds is 3. The van der Waals surface area contributed by atoms with E-state index in [0.717, 1.165) is 5.56 Å². The molecular weight excluding hydrogens is 226 g/mol. The molecule has 0 aliphatic carbocycles. The fraction of sp³-hybridized carbons (Fsp3) is 0.333. The van der Waals surface area contributed by atoms with E-state index in [9.17, 15) is 4.79 Å². The summed E-state index contributed by atoms with van der Waals surface area (Å²) >= 11 is 5.97. The topological polar surface area (TPSA) is 50.1 Å². The Morgan fingerprint density at radius 3 is 2.69 bits per heavy atom. The maximum atomic E-state index is 11.7. The van der Waals surface area contributed by atoms with E-state index in [1.165, 1.54) is 6.07 Å². The van der Waals surface area contributed by atoms with Gasteiger partial charge in [0.15, 0.2) is 0 Å². The van der Waals surface area contributed by atoms with Gasteiger partial charge in [0.2, 0.25) is 0 Å². The molecule has 1 rings (SSSR count). The molecule has 0 unspecified atom stereocenters. The zero-order chi connectivity index (χ0) is 12.1. The standard InChI is InChI=1S/C12H12ClNO2/c1-3-9-5-8(7-14)6-10(13)11(9)12(15)16-4-2/h5-6H,3-4H2,1-2H3. The average Bonchev–Trinajstić information content (AvgIpc) is 2.27. The lowest BCUT2D eigenvalue weighted by Crippen LogP contribution is -2.09. The van der Waals surface area contributed by atoms with Gasteiger partial charge in [-0.25, -0.2) is 4.79 Å². The van der Waals surface area contributed by atoms with Crippen LogP contribution in [0, 0.1) is 11.3 Å². The zero-order valence-electron chi connectivity index (χ0n) is 9.21. The quantitative estimate of drug-likeness (QED) is 0.760. The molecule has 0 fully saturated rings. The van der Waals surface area contributed by atoms with E-state index in [1.54, 1.807) is 13.0 Å². The normalized spacial score (nSPS) is 9.62. The average molecular weight is 238 g/mol. The van der Waals surface area contributed by atoms with Crippen molar-refractivity contribution >= 4 is 17.6 Å². The van der Waals surface area contributed by atoms with E-state index in [-0.39, 0.29) is 5.02 Å². The number of halogens is 1. The summed E-state index contributed by atoms with van der Waals surface area (Å²) in [5.74, 6) is -0.436. The van der Waals surface area contributed by atoms with Gasteiger partial charge in [-0.2, -0.15) is 5.26 Å². The predicted molar refractivity (Wildman–Crippen MR) is 61.5 cm³/mol. The highest BCUT2D eigenvalue weighted by molar-refractivity contribution is 6.33. The molecule has 0 aromatic heterocycles. The molecule has 0 atom stereocenters. The smallest absolute Gasteiger partial charge is 0.339 e. The molecule has 0 heterocycles. The van der Waals surface area contributed by atoms with Crippen LogP contribution in [0.15, 0.2) is 12.1 Å². The Bertz CT molecular complexity index is 449. The van der Waals surface area contributed by atoms with E-state index in [2.05, 4.69) is 0 Å². The molecule has 0 saturated heterocycles. The van der Waals surface area contributed by atoms with Crippen LogP contribution >= 0.6 is 11.6 Å². The van der Waals surface area contributed by atoms with Gasteiger partial charge >= 0.3 is 5.97 Å². The van der Waals surface area contributed by atoms with Gasteiger partial charge in [0.25, 0.3) is 0 Å². The van der Waals surface area contributed by atoms with Gasteiger partial charge in [0.05, 0.1) is 28.8 Å². The first-order valence-corrected chi connectivity index (χ1v) is 5.41. The van der Waals surface area contributed by atoms with Crippen LogP contribution in [0.25, 0.3) is 0 Å². The Morgan fingerprint density at radius 2 is 2.19 bits per heavy atom. The Balaban J connectivity index is 3.28. The van der Waals surface area contributed by atoms with Crippen molar-refractivity contribution in [3.8, 4) is 6.07 Å². The van der Waals surface area contributed by atoms with Crippen LogP contribution in [0.4, 0.5) is 0 Å². The monoisotopic (exact) mass is 237 g/mol. The predicted octanol–water partition coefficient (Wildman–Crippen LogP) is 2.95. The molecule has 1 aromatic carbocycles. The summed E-state index contributed by atoms with van der Waals surface area (Å²) in [4.78, 5) is 11.7. The highest BCUT2D eigenvalue weighted by Gasteiger charge is 2.17. The van der Waals surface area contributed by atoms with Crippen molar-refractivity contribution in [2.45, 2.75) is 20.3 Å². The summed E-state index contributed by atoms with van der Waals surface area (Å²) in [6.45, 7) is 3.94. The zero-order valence-corrected chi connectivity index (χ0v) is 9.97. The van der Waals surface area contributed by atoms with E-state index in [4.69, 9.17) is 21.6 Å². The number of hydrogen-bond acceptors (Lipinski definition) is 3. The molecular formula is C12H12ClNO2. The number of nitrogens with zero attached hydrogens (tertiary/aromatic N) is 1. The van der Waals surface area contributed by atoms with Gasteiger partial charge in [-0.3, -0.25) is 0 Å². The van der Waals surface area contributed by atoms with Crippen LogP contribution in [0.5, 0.6) is 0 Å². The Hall–Kier alpha value is -1.53. The van der Waals surface area contributed by atoms with Crippen LogP contribution in [0.2, 0.25) is 5.02 Å². The third-order valence-electron chi connectivity index (χ3n) is 2.16. The summed E-state index contributed by atoms with van der Waals surface area (Å²) < 4.78 is 4.92. The molecule has 0 spiro atoms. The number of carbonyl (C=O) groups is 1. The van der Waals surface area contributed by atoms with Crippen LogP contribution in [0.3, 0.4) is 0 Å². The molecule has 0 aliphatic heterocycles. The Labute approximate surface area is 99.6 Å². The minimum absolute atomic E-state index is 0.273. The van der Waals surface area contributed by atoms with Gasteiger partial charge in [0, 0.05) is 0 Å². The molecule has 0 saturated carbocycles. The molecule has 0 N–H and O–H groups in total. The number of hydrogen-bond donors (Lipinski definition) is 0. The highest BCUT2D eigenvalue weighted by atomic mass is 35.5. The van der Waals surface area contributed by atoms with E-state index < -0.39 is 5.97 Å². The summed E-state index contributed by atoms with van der Waals surface area (Å²) in [7, 11) is 0. The second kappa shape index (κ2) is 5.53. The molecule has 84 valence electrons. The lowest BCUT2D eigenvalue weighted by molar-refractivity contribution is 0.0525. The number of aryl methyl sites for hydroxylation is 1. The minimum Gasteiger partial charge on any atom is -0.462 e. The number of carbonyl (C=O) groups excluding carboxylic acids is 1. The number of ether oxygens (including phenoxy) is 1. The first-order valence-electron chi connectivity index (χ1n) is 5.03. The van der Waals surface area contributed by atoms with Crippen molar-refractivity contribution < 1.29 is 9.53 Å². The Morgan fingerprint density at radius 1 is 1.50 bits per heavy atom. The van der Waals surface area contributed by atoms with Gasteiger partial charge in [-0.15, -0.1) is 0 Å². The van der Waals surface area contributed by atoms with Crippen molar-refractivity contribution in [2.24, 2.45) is 0 Å². The second-order valence-electron chi connectivity index (χ2n) is 3.18. The lowest BCUT2D eigenvalue weighted by Gasteiger charge is -2.09. The maximum absolute atomic E-state index is 11.7. The van der Waals surface area contributed by atoms with Gasteiger partial charge in [0.1, 0.15) is 0 Å². The summed E-state index contributed by atoms with van der Waals surface area (Å²) in [6, 6.07) is 5.15. The second-order valence-corrected chi connectivity index (χ2v) is 3.59. The van der Waals surface area contributed by atoms with Crippen molar-refractivity contribution in [3.63, 3.8) is 0 Å². The molecule has 3 nitrogen and oxygen atoms in total. The third-order valence-corrected chi connectivity index (χ3v) is 2.46. The molecule has 4 heteroatoms.